The molecule has 2 rings (SSSR count). The van der Waals surface area contributed by atoms with Crippen molar-refractivity contribution in [1.82, 2.24) is 5.32 Å². The zero-order valence-electron chi connectivity index (χ0n) is 10.5. The Morgan fingerprint density at radius 3 is 2.71 bits per heavy atom. The van der Waals surface area contributed by atoms with E-state index in [1.165, 1.54) is 38.5 Å². The summed E-state index contributed by atoms with van der Waals surface area (Å²) in [6, 6.07) is 4.38. The molecule has 1 saturated carbocycles. The van der Waals surface area contributed by atoms with Gasteiger partial charge in [-0.1, -0.05) is 26.2 Å². The van der Waals surface area contributed by atoms with E-state index in [4.69, 9.17) is 16.0 Å². The van der Waals surface area contributed by atoms with Gasteiger partial charge in [0.25, 0.3) is 0 Å². The molecule has 1 unspecified atom stereocenters. The predicted molar refractivity (Wildman–Crippen MR) is 71.2 cm³/mol. The molecule has 1 heterocycles. The van der Waals surface area contributed by atoms with Gasteiger partial charge in [0.05, 0.1) is 6.54 Å². The largest absolute Gasteiger partial charge is 0.448 e. The van der Waals surface area contributed by atoms with Crippen molar-refractivity contribution in [3.63, 3.8) is 0 Å². The number of halogens is 1. The van der Waals surface area contributed by atoms with Crippen LogP contribution >= 0.6 is 11.6 Å². The van der Waals surface area contributed by atoms with Gasteiger partial charge in [0.15, 0.2) is 5.22 Å². The van der Waals surface area contributed by atoms with E-state index in [-0.39, 0.29) is 0 Å². The maximum atomic E-state index is 5.76. The third-order valence-electron chi connectivity index (χ3n) is 3.83. The van der Waals surface area contributed by atoms with Crippen LogP contribution in [0.5, 0.6) is 0 Å². The highest BCUT2D eigenvalue weighted by Crippen LogP contribution is 2.28. The van der Waals surface area contributed by atoms with Crippen LogP contribution in [-0.2, 0) is 6.54 Å². The smallest absolute Gasteiger partial charge is 0.193 e. The van der Waals surface area contributed by atoms with Crippen LogP contribution in [0.3, 0.4) is 0 Å². The van der Waals surface area contributed by atoms with E-state index in [1.807, 2.05) is 6.07 Å². The van der Waals surface area contributed by atoms with E-state index < -0.39 is 0 Å². The van der Waals surface area contributed by atoms with Gasteiger partial charge in [-0.15, -0.1) is 0 Å². The SMILES string of the molecule is CCC(NCc1ccc(Cl)o1)C1CCCCC1. The molecule has 1 aliphatic carbocycles. The molecule has 1 aliphatic rings. The third kappa shape index (κ3) is 3.75. The lowest BCUT2D eigenvalue weighted by Gasteiger charge is -2.30. The average molecular weight is 256 g/mol. The topological polar surface area (TPSA) is 25.2 Å². The lowest BCUT2D eigenvalue weighted by atomic mass is 9.83. The lowest BCUT2D eigenvalue weighted by molar-refractivity contribution is 0.257. The summed E-state index contributed by atoms with van der Waals surface area (Å²) in [4.78, 5) is 0. The standard InChI is InChI=1S/C14H22ClNO/c1-2-13(11-6-4-3-5-7-11)16-10-12-8-9-14(15)17-12/h8-9,11,13,16H,2-7,10H2,1H3. The van der Waals surface area contributed by atoms with Crippen LogP contribution in [0, 0.1) is 5.92 Å². The van der Waals surface area contributed by atoms with Gasteiger partial charge in [0.2, 0.25) is 0 Å². The van der Waals surface area contributed by atoms with E-state index >= 15 is 0 Å². The fourth-order valence-electron chi connectivity index (χ4n) is 2.86. The van der Waals surface area contributed by atoms with Gasteiger partial charge in [0, 0.05) is 6.04 Å². The van der Waals surface area contributed by atoms with E-state index in [0.717, 1.165) is 18.2 Å². The highest BCUT2D eigenvalue weighted by Gasteiger charge is 2.21. The first-order valence-electron chi connectivity index (χ1n) is 6.77. The summed E-state index contributed by atoms with van der Waals surface area (Å²) in [5, 5.41) is 4.10. The van der Waals surface area contributed by atoms with Crippen LogP contribution in [-0.4, -0.2) is 6.04 Å². The molecule has 1 fully saturated rings. The summed E-state index contributed by atoms with van der Waals surface area (Å²) >= 11 is 5.76. The predicted octanol–water partition coefficient (Wildman–Crippen LogP) is 4.38. The second-order valence-corrected chi connectivity index (χ2v) is 5.37. The molecule has 0 radical (unpaired) electrons. The van der Waals surface area contributed by atoms with Crippen molar-refractivity contribution in [1.29, 1.82) is 0 Å². The van der Waals surface area contributed by atoms with Crippen LogP contribution in [0.15, 0.2) is 16.5 Å². The van der Waals surface area contributed by atoms with Gasteiger partial charge in [-0.25, -0.2) is 0 Å². The molecule has 0 aliphatic heterocycles. The molecule has 0 saturated heterocycles. The van der Waals surface area contributed by atoms with Crippen LogP contribution in [0.4, 0.5) is 0 Å². The summed E-state index contributed by atoms with van der Waals surface area (Å²) in [5.41, 5.74) is 0. The van der Waals surface area contributed by atoms with Gasteiger partial charge in [-0.2, -0.15) is 0 Å². The second kappa shape index (κ2) is 6.46. The normalized spacial score (nSPS) is 19.4. The first kappa shape index (κ1) is 13.0. The van der Waals surface area contributed by atoms with Crippen molar-refractivity contribution in [3.8, 4) is 0 Å². The fourth-order valence-corrected chi connectivity index (χ4v) is 3.02. The molecule has 0 spiro atoms. The van der Waals surface area contributed by atoms with Crippen molar-refractivity contribution in [2.75, 3.05) is 0 Å². The van der Waals surface area contributed by atoms with Crippen LogP contribution in [0.2, 0.25) is 5.22 Å². The van der Waals surface area contributed by atoms with E-state index in [9.17, 15) is 0 Å². The summed E-state index contributed by atoms with van der Waals surface area (Å²) in [7, 11) is 0. The zero-order chi connectivity index (χ0) is 12.1. The van der Waals surface area contributed by atoms with Gasteiger partial charge in [0.1, 0.15) is 5.76 Å². The Balaban J connectivity index is 1.82. The number of hydrogen-bond donors (Lipinski definition) is 1. The number of nitrogens with one attached hydrogen (secondary N) is 1. The summed E-state index contributed by atoms with van der Waals surface area (Å²) in [5.74, 6) is 1.78. The van der Waals surface area contributed by atoms with Crippen LogP contribution in [0.1, 0.15) is 51.2 Å². The van der Waals surface area contributed by atoms with Gasteiger partial charge in [-0.3, -0.25) is 0 Å². The van der Waals surface area contributed by atoms with Crippen molar-refractivity contribution in [3.05, 3.63) is 23.1 Å². The number of furan rings is 1. The van der Waals surface area contributed by atoms with E-state index in [0.29, 0.717) is 11.3 Å². The zero-order valence-corrected chi connectivity index (χ0v) is 11.3. The van der Waals surface area contributed by atoms with Crippen molar-refractivity contribution < 1.29 is 4.42 Å². The van der Waals surface area contributed by atoms with E-state index in [1.54, 1.807) is 6.07 Å². The van der Waals surface area contributed by atoms with Crippen molar-refractivity contribution in [2.45, 2.75) is 58.0 Å². The molecule has 3 heteroatoms. The molecule has 0 amide bonds. The molecule has 17 heavy (non-hydrogen) atoms. The molecule has 1 aromatic heterocycles. The molecule has 1 aromatic rings. The average Bonchev–Trinajstić information content (AvgIpc) is 2.77. The quantitative estimate of drug-likeness (QED) is 0.845. The lowest BCUT2D eigenvalue weighted by Crippen LogP contribution is -2.36. The Bertz CT molecular complexity index is 331. The third-order valence-corrected chi connectivity index (χ3v) is 4.03. The Hall–Kier alpha value is -0.470. The van der Waals surface area contributed by atoms with Gasteiger partial charge in [-0.05, 0) is 48.9 Å². The summed E-state index contributed by atoms with van der Waals surface area (Å²) < 4.78 is 5.37. The Morgan fingerprint density at radius 2 is 2.12 bits per heavy atom. The minimum atomic E-state index is 0.479. The van der Waals surface area contributed by atoms with Gasteiger partial charge < -0.3 is 9.73 Å². The highest BCUT2D eigenvalue weighted by atomic mass is 35.5. The van der Waals surface area contributed by atoms with Crippen LogP contribution < -0.4 is 5.32 Å². The second-order valence-electron chi connectivity index (χ2n) is 5.00. The molecule has 96 valence electrons. The van der Waals surface area contributed by atoms with Crippen LogP contribution in [0.25, 0.3) is 0 Å². The molecule has 1 atom stereocenters. The minimum absolute atomic E-state index is 0.479. The van der Waals surface area contributed by atoms with Crippen molar-refractivity contribution in [2.24, 2.45) is 5.92 Å². The highest BCUT2D eigenvalue weighted by molar-refractivity contribution is 6.28. The monoisotopic (exact) mass is 255 g/mol. The molecule has 1 N–H and O–H groups in total. The fraction of sp³-hybridized carbons (Fsp3) is 0.714. The number of rotatable bonds is 5. The molecule has 2 nitrogen and oxygen atoms in total. The van der Waals surface area contributed by atoms with Crippen molar-refractivity contribution >= 4 is 11.6 Å². The molecular weight excluding hydrogens is 234 g/mol. The first-order chi connectivity index (χ1) is 8.29. The maximum absolute atomic E-state index is 5.76. The number of hydrogen-bond acceptors (Lipinski definition) is 2. The summed E-state index contributed by atoms with van der Waals surface area (Å²) in [6.07, 6.45) is 8.17. The minimum Gasteiger partial charge on any atom is -0.448 e. The Labute approximate surface area is 109 Å². The molecular formula is C14H22ClNO. The molecule has 0 aromatic carbocycles. The van der Waals surface area contributed by atoms with E-state index in [2.05, 4.69) is 12.2 Å². The molecule has 0 bridgehead atoms. The Morgan fingerprint density at radius 1 is 1.35 bits per heavy atom. The maximum Gasteiger partial charge on any atom is 0.193 e. The Kier molecular flexibility index (Phi) is 4.93. The summed E-state index contributed by atoms with van der Waals surface area (Å²) in [6.45, 7) is 3.06. The first-order valence-corrected chi connectivity index (χ1v) is 7.15. The van der Waals surface area contributed by atoms with Gasteiger partial charge >= 0.3 is 0 Å².